The molecule has 1 aromatic carbocycles. The Hall–Kier alpha value is -2.33. The second-order valence-electron chi connectivity index (χ2n) is 7.01. The van der Waals surface area contributed by atoms with Crippen molar-refractivity contribution in [1.29, 1.82) is 0 Å². The zero-order valence-corrected chi connectivity index (χ0v) is 16.6. The summed E-state index contributed by atoms with van der Waals surface area (Å²) in [4.78, 5) is 7.43. The molecule has 0 amide bonds. The van der Waals surface area contributed by atoms with Crippen LogP contribution in [-0.4, -0.2) is 40.2 Å². The van der Waals surface area contributed by atoms with E-state index in [9.17, 15) is 0 Å². The number of likely N-dealkylation sites (tertiary alicyclic amines) is 1. The average molecular weight is 366 g/mol. The first kappa shape index (κ1) is 19.4. The molecule has 0 aliphatic carbocycles. The SMILES string of the molecule is C=Cn1cc(CCN2CCCC2CC)nc1/C=C/c1cccc(OCC)c1. The maximum atomic E-state index is 5.57. The van der Waals surface area contributed by atoms with Gasteiger partial charge in [0.05, 0.1) is 12.3 Å². The third-order valence-electron chi connectivity index (χ3n) is 5.23. The second kappa shape index (κ2) is 9.56. The number of ether oxygens (including phenoxy) is 1. The van der Waals surface area contributed by atoms with Crippen LogP contribution < -0.4 is 4.74 Å². The molecule has 1 aliphatic rings. The van der Waals surface area contributed by atoms with Crippen molar-refractivity contribution in [3.05, 3.63) is 54.1 Å². The molecule has 1 atom stereocenters. The Labute approximate surface area is 163 Å². The Morgan fingerprint density at radius 3 is 2.96 bits per heavy atom. The zero-order chi connectivity index (χ0) is 19.1. The van der Waals surface area contributed by atoms with Gasteiger partial charge in [0.25, 0.3) is 0 Å². The molecule has 1 unspecified atom stereocenters. The fourth-order valence-electron chi connectivity index (χ4n) is 3.81. The highest BCUT2D eigenvalue weighted by Crippen LogP contribution is 2.20. The van der Waals surface area contributed by atoms with Crippen molar-refractivity contribution < 1.29 is 4.74 Å². The van der Waals surface area contributed by atoms with Gasteiger partial charge in [-0.15, -0.1) is 0 Å². The molecule has 0 N–H and O–H groups in total. The van der Waals surface area contributed by atoms with Gasteiger partial charge in [0.2, 0.25) is 0 Å². The number of rotatable bonds is 9. The minimum atomic E-state index is 0.674. The van der Waals surface area contributed by atoms with Gasteiger partial charge in [-0.05, 0) is 56.5 Å². The molecular weight excluding hydrogens is 334 g/mol. The maximum Gasteiger partial charge on any atom is 0.136 e. The number of aromatic nitrogens is 2. The van der Waals surface area contributed by atoms with Crippen LogP contribution in [0, 0.1) is 0 Å². The summed E-state index contributed by atoms with van der Waals surface area (Å²) in [5, 5.41) is 0. The van der Waals surface area contributed by atoms with E-state index in [0.717, 1.165) is 41.8 Å². The summed E-state index contributed by atoms with van der Waals surface area (Å²) in [6, 6.07) is 8.85. The van der Waals surface area contributed by atoms with Crippen LogP contribution in [-0.2, 0) is 6.42 Å². The minimum Gasteiger partial charge on any atom is -0.494 e. The van der Waals surface area contributed by atoms with Crippen LogP contribution in [0.25, 0.3) is 18.4 Å². The van der Waals surface area contributed by atoms with Gasteiger partial charge in [-0.1, -0.05) is 31.7 Å². The molecule has 1 saturated heterocycles. The Bertz CT molecular complexity index is 778. The van der Waals surface area contributed by atoms with Crippen LogP contribution in [0.3, 0.4) is 0 Å². The van der Waals surface area contributed by atoms with Crippen LogP contribution in [0.2, 0.25) is 0 Å². The van der Waals surface area contributed by atoms with E-state index in [1.54, 1.807) is 0 Å². The number of nitrogens with zero attached hydrogens (tertiary/aromatic N) is 3. The van der Waals surface area contributed by atoms with Crippen molar-refractivity contribution in [2.45, 2.75) is 45.6 Å². The lowest BCUT2D eigenvalue weighted by Gasteiger charge is -2.22. The highest BCUT2D eigenvalue weighted by atomic mass is 16.5. The van der Waals surface area contributed by atoms with Gasteiger partial charge >= 0.3 is 0 Å². The van der Waals surface area contributed by atoms with E-state index in [2.05, 4.69) is 36.7 Å². The van der Waals surface area contributed by atoms with E-state index in [0.29, 0.717) is 6.61 Å². The van der Waals surface area contributed by atoms with Crippen LogP contribution in [0.15, 0.2) is 37.0 Å². The first-order valence-corrected chi connectivity index (χ1v) is 10.1. The number of benzene rings is 1. The largest absolute Gasteiger partial charge is 0.494 e. The molecule has 0 bridgehead atoms. The van der Waals surface area contributed by atoms with Crippen molar-refractivity contribution in [1.82, 2.24) is 14.5 Å². The summed E-state index contributed by atoms with van der Waals surface area (Å²) in [5.74, 6) is 1.80. The fraction of sp³-hybridized carbons (Fsp3) is 0.435. The minimum absolute atomic E-state index is 0.674. The van der Waals surface area contributed by atoms with Crippen LogP contribution >= 0.6 is 0 Å². The molecule has 1 aliphatic heterocycles. The Kier molecular flexibility index (Phi) is 6.88. The molecule has 4 nitrogen and oxygen atoms in total. The summed E-state index contributed by atoms with van der Waals surface area (Å²) in [6.07, 6.45) is 12.9. The first-order chi connectivity index (χ1) is 13.2. The van der Waals surface area contributed by atoms with Gasteiger partial charge in [0, 0.05) is 31.4 Å². The molecular formula is C23H31N3O. The molecule has 2 heterocycles. The molecule has 4 heteroatoms. The number of imidazole rings is 1. The number of hydrogen-bond acceptors (Lipinski definition) is 3. The molecule has 144 valence electrons. The zero-order valence-electron chi connectivity index (χ0n) is 16.6. The smallest absolute Gasteiger partial charge is 0.136 e. The predicted molar refractivity (Wildman–Crippen MR) is 114 cm³/mol. The molecule has 0 saturated carbocycles. The van der Waals surface area contributed by atoms with Gasteiger partial charge < -0.3 is 14.2 Å². The quantitative estimate of drug-likeness (QED) is 0.628. The van der Waals surface area contributed by atoms with E-state index in [-0.39, 0.29) is 0 Å². The van der Waals surface area contributed by atoms with Gasteiger partial charge in [0.15, 0.2) is 0 Å². The highest BCUT2D eigenvalue weighted by Gasteiger charge is 2.22. The predicted octanol–water partition coefficient (Wildman–Crippen LogP) is 4.97. The molecule has 3 rings (SSSR count). The average Bonchev–Trinajstić information content (AvgIpc) is 3.31. The Morgan fingerprint density at radius 2 is 2.19 bits per heavy atom. The summed E-state index contributed by atoms with van der Waals surface area (Å²) in [5.41, 5.74) is 2.23. The van der Waals surface area contributed by atoms with Crippen LogP contribution in [0.4, 0.5) is 0 Å². The lowest BCUT2D eigenvalue weighted by molar-refractivity contribution is 0.251. The lowest BCUT2D eigenvalue weighted by atomic mass is 10.1. The molecule has 2 aromatic rings. The standard InChI is InChI=1S/C23H31N3O/c1-4-21-10-8-15-26(21)16-14-20-18-25(5-2)23(24-20)13-12-19-9-7-11-22(17-19)27-6-3/h5,7,9,11-13,17-18,21H,2,4,6,8,10,14-16H2,1,3H3/b13-12+. The van der Waals surface area contributed by atoms with E-state index >= 15 is 0 Å². The van der Waals surface area contributed by atoms with Crippen molar-refractivity contribution in [2.24, 2.45) is 0 Å². The molecule has 0 radical (unpaired) electrons. The summed E-state index contributed by atoms with van der Waals surface area (Å²) >= 11 is 0. The van der Waals surface area contributed by atoms with E-state index < -0.39 is 0 Å². The Morgan fingerprint density at radius 1 is 1.30 bits per heavy atom. The molecule has 27 heavy (non-hydrogen) atoms. The van der Waals surface area contributed by atoms with Gasteiger partial charge in [-0.25, -0.2) is 4.98 Å². The monoisotopic (exact) mass is 365 g/mol. The van der Waals surface area contributed by atoms with Crippen LogP contribution in [0.1, 0.15) is 50.2 Å². The lowest BCUT2D eigenvalue weighted by Crippen LogP contribution is -2.30. The topological polar surface area (TPSA) is 30.3 Å². The molecule has 1 fully saturated rings. The third kappa shape index (κ3) is 5.10. The van der Waals surface area contributed by atoms with Crippen molar-refractivity contribution >= 4 is 18.4 Å². The summed E-state index contributed by atoms with van der Waals surface area (Å²) < 4.78 is 7.57. The van der Waals surface area contributed by atoms with E-state index in [4.69, 9.17) is 9.72 Å². The van der Waals surface area contributed by atoms with Crippen molar-refractivity contribution in [3.63, 3.8) is 0 Å². The fourth-order valence-corrected chi connectivity index (χ4v) is 3.81. The summed E-state index contributed by atoms with van der Waals surface area (Å²) in [7, 11) is 0. The Balaban J connectivity index is 1.67. The second-order valence-corrected chi connectivity index (χ2v) is 7.01. The van der Waals surface area contributed by atoms with Gasteiger partial charge in [0.1, 0.15) is 11.6 Å². The normalized spacial score (nSPS) is 17.6. The van der Waals surface area contributed by atoms with Crippen molar-refractivity contribution in [3.8, 4) is 5.75 Å². The van der Waals surface area contributed by atoms with Crippen LogP contribution in [0.5, 0.6) is 5.75 Å². The maximum absolute atomic E-state index is 5.57. The third-order valence-corrected chi connectivity index (χ3v) is 5.23. The summed E-state index contributed by atoms with van der Waals surface area (Å²) in [6.45, 7) is 11.2. The molecule has 0 spiro atoms. The van der Waals surface area contributed by atoms with Gasteiger partial charge in [-0.2, -0.15) is 0 Å². The van der Waals surface area contributed by atoms with Gasteiger partial charge in [-0.3, -0.25) is 0 Å². The van der Waals surface area contributed by atoms with E-state index in [1.165, 1.54) is 25.8 Å². The van der Waals surface area contributed by atoms with E-state index in [1.807, 2.05) is 42.0 Å². The van der Waals surface area contributed by atoms with Crippen molar-refractivity contribution in [2.75, 3.05) is 19.7 Å². The first-order valence-electron chi connectivity index (χ1n) is 10.1. The number of hydrogen-bond donors (Lipinski definition) is 0. The molecule has 1 aromatic heterocycles. The highest BCUT2D eigenvalue weighted by molar-refractivity contribution is 5.68.